The monoisotopic (exact) mass is 319 g/mol. The summed E-state index contributed by atoms with van der Waals surface area (Å²) >= 11 is 6.15. The summed E-state index contributed by atoms with van der Waals surface area (Å²) in [4.78, 5) is 11.5. The van der Waals surface area contributed by atoms with Crippen molar-refractivity contribution in [3.63, 3.8) is 0 Å². The van der Waals surface area contributed by atoms with Crippen LogP contribution in [0.15, 0.2) is 24.3 Å². The average molecular weight is 320 g/mol. The summed E-state index contributed by atoms with van der Waals surface area (Å²) in [6.07, 6.45) is 3.96. The zero-order valence-electron chi connectivity index (χ0n) is 10.4. The third-order valence-corrected chi connectivity index (χ3v) is 3.32. The van der Waals surface area contributed by atoms with Crippen LogP contribution in [0.1, 0.15) is 12.1 Å². The Balaban J connectivity index is 0.000000902. The Kier molecular flexibility index (Phi) is 5.35. The summed E-state index contributed by atoms with van der Waals surface area (Å²) in [5.74, 6) is 0.250. The van der Waals surface area contributed by atoms with Crippen LogP contribution in [0.2, 0.25) is 5.02 Å². The summed E-state index contributed by atoms with van der Waals surface area (Å²) in [6.45, 7) is 0.648. The van der Waals surface area contributed by atoms with E-state index in [0.29, 0.717) is 24.4 Å². The standard InChI is InChI=1S/C13H10ClN2O.CH3.Co/c14-12-4-2-1-3-10(12)11-8-15-16-6-5-9(17)7-13(11)16;;/h1-4H,5-7H2;1H3;/q2*-1;+2. The van der Waals surface area contributed by atoms with Gasteiger partial charge in [-0.1, -0.05) is 35.5 Å². The number of hydrogen-bond donors (Lipinski definition) is 0. The molecule has 0 aliphatic carbocycles. The summed E-state index contributed by atoms with van der Waals surface area (Å²) in [5, 5.41) is 4.85. The number of hydrogen-bond acceptors (Lipinski definition) is 2. The van der Waals surface area contributed by atoms with Crippen molar-refractivity contribution in [2.24, 2.45) is 0 Å². The number of fused-ring (bicyclic) bond motifs is 1. The van der Waals surface area contributed by atoms with Gasteiger partial charge in [-0.25, -0.2) is 0 Å². The quantitative estimate of drug-likeness (QED) is 0.757. The first-order valence-electron chi connectivity index (χ1n) is 5.49. The topological polar surface area (TPSA) is 34.9 Å². The van der Waals surface area contributed by atoms with Crippen molar-refractivity contribution in [2.75, 3.05) is 0 Å². The molecule has 19 heavy (non-hydrogen) atoms. The van der Waals surface area contributed by atoms with Crippen LogP contribution in [-0.2, 0) is 34.5 Å². The molecule has 0 bridgehead atoms. The van der Waals surface area contributed by atoms with Crippen LogP contribution in [0.3, 0.4) is 0 Å². The van der Waals surface area contributed by atoms with Gasteiger partial charge in [0.25, 0.3) is 0 Å². The molecule has 2 heterocycles. The number of halogens is 1. The van der Waals surface area contributed by atoms with Gasteiger partial charge in [-0.05, 0) is 11.2 Å². The number of rotatable bonds is 1. The van der Waals surface area contributed by atoms with Crippen LogP contribution < -0.4 is 0 Å². The maximum absolute atomic E-state index is 11.5. The van der Waals surface area contributed by atoms with E-state index in [9.17, 15) is 4.79 Å². The first-order chi connectivity index (χ1) is 8.25. The molecule has 0 spiro atoms. The van der Waals surface area contributed by atoms with Crippen molar-refractivity contribution >= 4 is 17.4 Å². The van der Waals surface area contributed by atoms with Crippen molar-refractivity contribution in [3.05, 3.63) is 48.6 Å². The Morgan fingerprint density at radius 3 is 2.79 bits per heavy atom. The van der Waals surface area contributed by atoms with Crippen LogP contribution in [0.25, 0.3) is 11.1 Å². The fourth-order valence-electron chi connectivity index (χ4n) is 2.11. The summed E-state index contributed by atoms with van der Waals surface area (Å²) in [6, 6.07) is 7.56. The molecule has 1 aromatic heterocycles. The fourth-order valence-corrected chi connectivity index (χ4v) is 2.34. The molecule has 101 valence electrons. The van der Waals surface area contributed by atoms with E-state index in [4.69, 9.17) is 11.6 Å². The molecule has 0 N–H and O–H groups in total. The summed E-state index contributed by atoms with van der Waals surface area (Å²) in [7, 11) is 0. The molecule has 2 aromatic rings. The van der Waals surface area contributed by atoms with Crippen molar-refractivity contribution in [2.45, 2.75) is 19.4 Å². The van der Waals surface area contributed by atoms with E-state index < -0.39 is 0 Å². The third kappa shape index (κ3) is 2.91. The van der Waals surface area contributed by atoms with Gasteiger partial charge >= 0.3 is 16.8 Å². The predicted octanol–water partition coefficient (Wildman–Crippen LogP) is 2.97. The number of aromatic nitrogens is 2. The predicted molar refractivity (Wildman–Crippen MR) is 71.3 cm³/mol. The zero-order valence-corrected chi connectivity index (χ0v) is 12.2. The van der Waals surface area contributed by atoms with E-state index in [1.54, 1.807) is 0 Å². The van der Waals surface area contributed by atoms with Gasteiger partial charge in [0.1, 0.15) is 5.78 Å². The van der Waals surface area contributed by atoms with Gasteiger partial charge in [-0.15, -0.1) is 17.2 Å². The van der Waals surface area contributed by atoms with E-state index in [1.165, 1.54) is 0 Å². The fraction of sp³-hybridized carbons (Fsp3) is 0.214. The molecule has 0 saturated heterocycles. The van der Waals surface area contributed by atoms with Crippen molar-refractivity contribution in [1.82, 2.24) is 9.78 Å². The molecule has 0 unspecified atom stereocenters. The molecule has 5 heteroatoms. The first kappa shape index (κ1) is 16.0. The van der Waals surface area contributed by atoms with Gasteiger partial charge in [0.2, 0.25) is 0 Å². The number of nitrogens with zero attached hydrogens (tertiary/aromatic N) is 2. The maximum Gasteiger partial charge on any atom is 2.00 e. The molecule has 0 atom stereocenters. The number of aryl methyl sites for hydroxylation is 1. The molecule has 1 radical (unpaired) electrons. The van der Waals surface area contributed by atoms with Gasteiger partial charge in [0.05, 0.1) is 0 Å². The Morgan fingerprint density at radius 1 is 1.32 bits per heavy atom. The SMILES string of the molecule is O=C1CCn2n[c-]c(-c3ccccc3Cl)c2C1.[CH3-].[Co+2]. The summed E-state index contributed by atoms with van der Waals surface area (Å²) in [5.41, 5.74) is 2.67. The minimum Gasteiger partial charge on any atom is -0.358 e. The van der Waals surface area contributed by atoms with Gasteiger partial charge in [0.15, 0.2) is 0 Å². The minimum atomic E-state index is 0. The average Bonchev–Trinajstić information content (AvgIpc) is 2.72. The number of carbonyl (C=O) groups is 1. The molecule has 3 rings (SSSR count). The second kappa shape index (κ2) is 6.37. The third-order valence-electron chi connectivity index (χ3n) is 2.99. The van der Waals surface area contributed by atoms with Crippen LogP contribution in [-0.4, -0.2) is 15.6 Å². The second-order valence-corrected chi connectivity index (χ2v) is 4.51. The van der Waals surface area contributed by atoms with Crippen LogP contribution in [0.5, 0.6) is 0 Å². The number of ketones is 1. The summed E-state index contributed by atoms with van der Waals surface area (Å²) < 4.78 is 1.85. The van der Waals surface area contributed by atoms with Gasteiger partial charge in [-0.3, -0.25) is 5.10 Å². The molecule has 1 aliphatic heterocycles. The Morgan fingerprint density at radius 2 is 2.05 bits per heavy atom. The van der Waals surface area contributed by atoms with Crippen LogP contribution in [0, 0.1) is 13.6 Å². The number of carbonyl (C=O) groups excluding carboxylic acids is 1. The molecule has 1 aromatic carbocycles. The Labute approximate surface area is 128 Å². The molecular formula is C14H13ClCoN2O. The van der Waals surface area contributed by atoms with E-state index in [2.05, 4.69) is 11.3 Å². The molecule has 3 nitrogen and oxygen atoms in total. The maximum atomic E-state index is 11.5. The smallest absolute Gasteiger partial charge is 0.358 e. The molecule has 1 aliphatic rings. The van der Waals surface area contributed by atoms with Gasteiger partial charge in [-0.2, -0.15) is 0 Å². The van der Waals surface area contributed by atoms with E-state index >= 15 is 0 Å². The number of Topliss-reactive ketones (excluding diaryl/α,β-unsaturated/α-hetero) is 1. The van der Waals surface area contributed by atoms with Gasteiger partial charge < -0.3 is 16.9 Å². The van der Waals surface area contributed by atoms with E-state index in [1.807, 2.05) is 28.9 Å². The second-order valence-electron chi connectivity index (χ2n) is 4.10. The Hall–Kier alpha value is -1.10. The molecule has 0 amide bonds. The largest absolute Gasteiger partial charge is 2.00 e. The van der Waals surface area contributed by atoms with Crippen molar-refractivity contribution in [3.8, 4) is 11.1 Å². The van der Waals surface area contributed by atoms with Gasteiger partial charge in [0, 0.05) is 19.4 Å². The minimum absolute atomic E-state index is 0. The van der Waals surface area contributed by atoms with Crippen LogP contribution >= 0.6 is 11.6 Å². The van der Waals surface area contributed by atoms with E-state index in [0.717, 1.165) is 16.8 Å². The molecular weight excluding hydrogens is 307 g/mol. The first-order valence-corrected chi connectivity index (χ1v) is 5.87. The normalized spacial score (nSPS) is 13.2. The van der Waals surface area contributed by atoms with E-state index in [-0.39, 0.29) is 30.0 Å². The molecule has 0 saturated carbocycles. The van der Waals surface area contributed by atoms with Crippen molar-refractivity contribution in [1.29, 1.82) is 0 Å². The van der Waals surface area contributed by atoms with Crippen molar-refractivity contribution < 1.29 is 21.6 Å². The Bertz CT molecular complexity index is 595. The number of benzene rings is 1. The van der Waals surface area contributed by atoms with Crippen LogP contribution in [0.4, 0.5) is 0 Å². The molecule has 0 fully saturated rings. The zero-order chi connectivity index (χ0) is 11.8.